The average molecular weight is 597 g/mol. The first-order valence-electron chi connectivity index (χ1n) is 15.9. The minimum atomic E-state index is 0.655. The van der Waals surface area contributed by atoms with Gasteiger partial charge in [0.05, 0.1) is 28.4 Å². The van der Waals surface area contributed by atoms with Crippen molar-refractivity contribution in [3.05, 3.63) is 175 Å². The highest BCUT2D eigenvalue weighted by Gasteiger charge is 2.20. The Balaban J connectivity index is 1.29. The summed E-state index contributed by atoms with van der Waals surface area (Å²) in [4.78, 5) is 0. The molecule has 9 aromatic rings. The number of aromatic nitrogens is 1. The van der Waals surface area contributed by atoms with Crippen molar-refractivity contribution in [2.45, 2.75) is 0 Å². The summed E-state index contributed by atoms with van der Waals surface area (Å²) in [7, 11) is 0. The fraction of sp³-hybridized carbons (Fsp3) is 0. The molecule has 0 atom stereocenters. The van der Waals surface area contributed by atoms with Crippen LogP contribution >= 0.6 is 0 Å². The minimum Gasteiger partial charge on any atom is -0.309 e. The highest BCUT2D eigenvalue weighted by Crippen LogP contribution is 2.45. The molecule has 47 heavy (non-hydrogen) atoms. The van der Waals surface area contributed by atoms with Crippen molar-refractivity contribution in [3.8, 4) is 45.1 Å². The van der Waals surface area contributed by atoms with E-state index in [1.54, 1.807) is 0 Å². The summed E-state index contributed by atoms with van der Waals surface area (Å²) in [5.74, 6) is 0. The monoisotopic (exact) mass is 596 g/mol. The van der Waals surface area contributed by atoms with Crippen LogP contribution in [0.15, 0.2) is 170 Å². The Hall–Kier alpha value is -6.43. The third-order valence-corrected chi connectivity index (χ3v) is 9.44. The maximum absolute atomic E-state index is 10.7. The van der Waals surface area contributed by atoms with Gasteiger partial charge in [-0.1, -0.05) is 146 Å². The Morgan fingerprint density at radius 3 is 1.47 bits per heavy atom. The van der Waals surface area contributed by atoms with Crippen LogP contribution in [0.4, 0.5) is 0 Å². The molecule has 0 aliphatic heterocycles. The first kappa shape index (κ1) is 26.9. The van der Waals surface area contributed by atoms with Crippen molar-refractivity contribution in [3.63, 3.8) is 0 Å². The van der Waals surface area contributed by atoms with E-state index in [4.69, 9.17) is 0 Å². The maximum atomic E-state index is 10.7. The standard InChI is InChI=1S/C45H28N2/c46-29-32-28-31(33-16-8-11-23-41(33)47-42-24-12-9-17-35(42)36-18-10-13-25-43(36)47)26-27-34(32)45-39-21-6-4-19-37(39)44(30-14-2-1-3-15-30)38-20-5-7-22-40(38)45/h1-28H. The van der Waals surface area contributed by atoms with E-state index in [1.807, 2.05) is 0 Å². The molecule has 0 bridgehead atoms. The Kier molecular flexibility index (Phi) is 6.23. The van der Waals surface area contributed by atoms with Gasteiger partial charge in [0.1, 0.15) is 0 Å². The molecule has 0 aliphatic carbocycles. The van der Waals surface area contributed by atoms with Crippen molar-refractivity contribution in [1.29, 1.82) is 5.26 Å². The largest absolute Gasteiger partial charge is 0.309 e. The topological polar surface area (TPSA) is 28.7 Å². The smallest absolute Gasteiger partial charge is 0.0998 e. The normalized spacial score (nSPS) is 11.4. The maximum Gasteiger partial charge on any atom is 0.0998 e. The van der Waals surface area contributed by atoms with Crippen molar-refractivity contribution >= 4 is 43.4 Å². The molecule has 0 N–H and O–H groups in total. The molecule has 2 heteroatoms. The quantitative estimate of drug-likeness (QED) is 0.186. The number of benzene rings is 8. The van der Waals surface area contributed by atoms with E-state index in [0.717, 1.165) is 49.7 Å². The van der Waals surface area contributed by atoms with Gasteiger partial charge in [-0.2, -0.15) is 5.26 Å². The van der Waals surface area contributed by atoms with Crippen LogP contribution in [0, 0.1) is 11.3 Å². The summed E-state index contributed by atoms with van der Waals surface area (Å²) in [6.45, 7) is 0. The molecule has 0 unspecified atom stereocenters. The van der Waals surface area contributed by atoms with Gasteiger partial charge >= 0.3 is 0 Å². The molecule has 0 aliphatic rings. The zero-order valence-corrected chi connectivity index (χ0v) is 25.6. The Morgan fingerprint density at radius 1 is 0.383 bits per heavy atom. The Morgan fingerprint density at radius 2 is 0.872 bits per heavy atom. The highest BCUT2D eigenvalue weighted by molar-refractivity contribution is 6.21. The number of nitriles is 1. The summed E-state index contributed by atoms with van der Waals surface area (Å²) in [6, 6.07) is 62.4. The van der Waals surface area contributed by atoms with E-state index >= 15 is 0 Å². The van der Waals surface area contributed by atoms with E-state index in [1.165, 1.54) is 32.7 Å². The number of nitrogens with zero attached hydrogens (tertiary/aromatic N) is 2. The second-order valence-electron chi connectivity index (χ2n) is 12.0. The number of fused-ring (bicyclic) bond motifs is 5. The lowest BCUT2D eigenvalue weighted by Crippen LogP contribution is -1.98. The van der Waals surface area contributed by atoms with E-state index < -0.39 is 0 Å². The number of para-hydroxylation sites is 3. The van der Waals surface area contributed by atoms with Crippen molar-refractivity contribution in [2.75, 3.05) is 0 Å². The van der Waals surface area contributed by atoms with E-state index in [-0.39, 0.29) is 0 Å². The van der Waals surface area contributed by atoms with Crippen molar-refractivity contribution in [1.82, 2.24) is 4.57 Å². The zero-order chi connectivity index (χ0) is 31.3. The van der Waals surface area contributed by atoms with Gasteiger partial charge in [-0.25, -0.2) is 0 Å². The van der Waals surface area contributed by atoms with Crippen LogP contribution in [0.5, 0.6) is 0 Å². The highest BCUT2D eigenvalue weighted by atomic mass is 15.0. The molecule has 0 fully saturated rings. The van der Waals surface area contributed by atoms with E-state index in [2.05, 4.69) is 180 Å². The van der Waals surface area contributed by atoms with Gasteiger partial charge in [0.2, 0.25) is 0 Å². The van der Waals surface area contributed by atoms with Crippen LogP contribution in [0.3, 0.4) is 0 Å². The lowest BCUT2D eigenvalue weighted by atomic mass is 9.84. The van der Waals surface area contributed by atoms with Crippen molar-refractivity contribution < 1.29 is 0 Å². The summed E-state index contributed by atoms with van der Waals surface area (Å²) >= 11 is 0. The molecule has 0 amide bonds. The lowest BCUT2D eigenvalue weighted by molar-refractivity contribution is 1.18. The van der Waals surface area contributed by atoms with Gasteiger partial charge in [0.15, 0.2) is 0 Å². The second kappa shape index (κ2) is 10.9. The molecule has 8 aromatic carbocycles. The van der Waals surface area contributed by atoms with Crippen LogP contribution < -0.4 is 0 Å². The molecular weight excluding hydrogens is 569 g/mol. The number of rotatable bonds is 4. The molecule has 0 saturated carbocycles. The van der Waals surface area contributed by atoms with Crippen molar-refractivity contribution in [2.24, 2.45) is 0 Å². The molecule has 218 valence electrons. The molecule has 0 radical (unpaired) electrons. The minimum absolute atomic E-state index is 0.655. The number of hydrogen-bond acceptors (Lipinski definition) is 1. The summed E-state index contributed by atoms with van der Waals surface area (Å²) in [6.07, 6.45) is 0. The van der Waals surface area contributed by atoms with Gasteiger partial charge in [0, 0.05) is 21.9 Å². The summed E-state index contributed by atoms with van der Waals surface area (Å²) in [5.41, 5.74) is 10.6. The first-order valence-corrected chi connectivity index (χ1v) is 15.9. The average Bonchev–Trinajstić information content (AvgIpc) is 3.48. The van der Waals surface area contributed by atoms with E-state index in [9.17, 15) is 5.26 Å². The third kappa shape index (κ3) is 4.18. The molecule has 9 rings (SSSR count). The number of hydrogen-bond donors (Lipinski definition) is 0. The summed E-state index contributed by atoms with van der Waals surface area (Å²) in [5, 5.41) is 17.8. The fourth-order valence-electron chi connectivity index (χ4n) is 7.45. The van der Waals surface area contributed by atoms with Gasteiger partial charge in [-0.15, -0.1) is 0 Å². The van der Waals surface area contributed by atoms with Crippen LogP contribution in [0.25, 0.3) is 82.4 Å². The van der Waals surface area contributed by atoms with Gasteiger partial charge in [0.25, 0.3) is 0 Å². The van der Waals surface area contributed by atoms with E-state index in [0.29, 0.717) is 5.56 Å². The fourth-order valence-corrected chi connectivity index (χ4v) is 7.45. The second-order valence-corrected chi connectivity index (χ2v) is 12.0. The van der Waals surface area contributed by atoms with Crippen LogP contribution in [-0.2, 0) is 0 Å². The lowest BCUT2D eigenvalue weighted by Gasteiger charge is -2.19. The predicted molar refractivity (Wildman–Crippen MR) is 197 cm³/mol. The van der Waals surface area contributed by atoms with Crippen LogP contribution in [0.1, 0.15) is 5.56 Å². The molecule has 1 aromatic heterocycles. The molecule has 2 nitrogen and oxygen atoms in total. The molecule has 0 spiro atoms. The first-order chi connectivity index (χ1) is 23.3. The zero-order valence-electron chi connectivity index (χ0n) is 25.6. The Bertz CT molecular complexity index is 2580. The molecule has 1 heterocycles. The SMILES string of the molecule is N#Cc1cc(-c2ccccc2-n2c3ccccc3c3ccccc32)ccc1-c1c2ccccc2c(-c2ccccc2)c2ccccc12. The predicted octanol–water partition coefficient (Wildman–Crippen LogP) is 12.0. The van der Waals surface area contributed by atoms with Gasteiger partial charge in [-0.3, -0.25) is 0 Å². The molecular formula is C45H28N2. The van der Waals surface area contributed by atoms with Crippen LogP contribution in [-0.4, -0.2) is 4.57 Å². The summed E-state index contributed by atoms with van der Waals surface area (Å²) < 4.78 is 2.35. The van der Waals surface area contributed by atoms with Gasteiger partial charge < -0.3 is 4.57 Å². The van der Waals surface area contributed by atoms with Crippen LogP contribution in [0.2, 0.25) is 0 Å². The Labute approximate surface area is 273 Å². The third-order valence-electron chi connectivity index (χ3n) is 9.44. The van der Waals surface area contributed by atoms with Gasteiger partial charge in [-0.05, 0) is 68.1 Å². The molecule has 0 saturated heterocycles.